The first-order chi connectivity index (χ1) is 8.33. The molecule has 90 valence electrons. The van der Waals surface area contributed by atoms with Crippen molar-refractivity contribution in [2.24, 2.45) is 5.92 Å². The zero-order chi connectivity index (χ0) is 11.7. The first-order valence-electron chi connectivity index (χ1n) is 6.10. The molecule has 4 heteroatoms. The molecule has 1 aromatic carbocycles. The number of benzene rings is 1. The second kappa shape index (κ2) is 4.63. The van der Waals surface area contributed by atoms with Crippen LogP contribution in [0, 0.1) is 5.92 Å². The van der Waals surface area contributed by atoms with Crippen LogP contribution in [0.1, 0.15) is 19.3 Å². The number of hydrogen-bond acceptors (Lipinski definition) is 4. The molecule has 3 nitrogen and oxygen atoms in total. The quantitative estimate of drug-likeness (QED) is 0.878. The van der Waals surface area contributed by atoms with E-state index in [0.29, 0.717) is 5.92 Å². The molecule has 0 radical (unpaired) electrons. The lowest BCUT2D eigenvalue weighted by Gasteiger charge is -2.14. The molecule has 1 aliphatic carbocycles. The van der Waals surface area contributed by atoms with E-state index in [1.165, 1.54) is 4.70 Å². The predicted octanol–water partition coefficient (Wildman–Crippen LogP) is 2.87. The molecule has 1 aliphatic rings. The molecule has 2 N–H and O–H groups in total. The molecule has 2 unspecified atom stereocenters. The highest BCUT2D eigenvalue weighted by atomic mass is 32.1. The van der Waals surface area contributed by atoms with Crippen LogP contribution in [0.3, 0.4) is 0 Å². The summed E-state index contributed by atoms with van der Waals surface area (Å²) in [5.74, 6) is 0.391. The van der Waals surface area contributed by atoms with Gasteiger partial charge in [0.05, 0.1) is 16.3 Å². The summed E-state index contributed by atoms with van der Waals surface area (Å²) in [5, 5.41) is 14.1. The summed E-state index contributed by atoms with van der Waals surface area (Å²) in [7, 11) is 0. The number of rotatable bonds is 3. The van der Waals surface area contributed by atoms with Crippen LogP contribution in [-0.4, -0.2) is 22.7 Å². The Morgan fingerprint density at radius 2 is 2.24 bits per heavy atom. The third-order valence-electron chi connectivity index (χ3n) is 3.43. The SMILES string of the molecule is OC1CCCC1CNc1nc2ccccc2s1. The topological polar surface area (TPSA) is 45.1 Å². The number of nitrogens with zero attached hydrogens (tertiary/aromatic N) is 1. The number of thiazole rings is 1. The Balaban J connectivity index is 1.68. The lowest BCUT2D eigenvalue weighted by Crippen LogP contribution is -2.21. The third kappa shape index (κ3) is 2.28. The van der Waals surface area contributed by atoms with E-state index in [4.69, 9.17) is 0 Å². The Morgan fingerprint density at radius 1 is 1.35 bits per heavy atom. The zero-order valence-corrected chi connectivity index (χ0v) is 10.4. The lowest BCUT2D eigenvalue weighted by atomic mass is 10.1. The molecule has 3 rings (SSSR count). The number of anilines is 1. The Morgan fingerprint density at radius 3 is 3.00 bits per heavy atom. The number of aliphatic hydroxyl groups excluding tert-OH is 1. The van der Waals surface area contributed by atoms with E-state index in [2.05, 4.69) is 16.4 Å². The van der Waals surface area contributed by atoms with Gasteiger partial charge in [-0.1, -0.05) is 29.9 Å². The van der Waals surface area contributed by atoms with Gasteiger partial charge in [-0.3, -0.25) is 0 Å². The van der Waals surface area contributed by atoms with Crippen LogP contribution in [0.2, 0.25) is 0 Å². The predicted molar refractivity (Wildman–Crippen MR) is 71.5 cm³/mol. The normalized spacial score (nSPS) is 24.3. The highest BCUT2D eigenvalue weighted by Crippen LogP contribution is 2.28. The molecule has 0 spiro atoms. The molecule has 1 fully saturated rings. The maximum Gasteiger partial charge on any atom is 0.183 e. The molecule has 0 saturated heterocycles. The van der Waals surface area contributed by atoms with Crippen LogP contribution in [0.25, 0.3) is 10.2 Å². The van der Waals surface area contributed by atoms with Gasteiger partial charge in [-0.2, -0.15) is 0 Å². The summed E-state index contributed by atoms with van der Waals surface area (Å²) < 4.78 is 1.21. The molecule has 0 aliphatic heterocycles. The average molecular weight is 248 g/mol. The van der Waals surface area contributed by atoms with Crippen molar-refractivity contribution in [2.45, 2.75) is 25.4 Å². The molecular weight excluding hydrogens is 232 g/mol. The van der Waals surface area contributed by atoms with E-state index in [1.54, 1.807) is 11.3 Å². The van der Waals surface area contributed by atoms with Gasteiger partial charge in [0.25, 0.3) is 0 Å². The Labute approximate surface area is 105 Å². The van der Waals surface area contributed by atoms with Crippen molar-refractivity contribution in [2.75, 3.05) is 11.9 Å². The van der Waals surface area contributed by atoms with Gasteiger partial charge in [-0.25, -0.2) is 4.98 Å². The number of fused-ring (bicyclic) bond motifs is 1. The minimum atomic E-state index is -0.128. The van der Waals surface area contributed by atoms with Crippen LogP contribution in [0.15, 0.2) is 24.3 Å². The minimum absolute atomic E-state index is 0.128. The van der Waals surface area contributed by atoms with E-state index in [9.17, 15) is 5.11 Å². The first kappa shape index (κ1) is 11.0. The molecule has 2 atom stereocenters. The van der Waals surface area contributed by atoms with Crippen LogP contribution in [0.4, 0.5) is 5.13 Å². The van der Waals surface area contributed by atoms with E-state index < -0.39 is 0 Å². The van der Waals surface area contributed by atoms with Crippen molar-refractivity contribution in [3.8, 4) is 0 Å². The van der Waals surface area contributed by atoms with Gasteiger partial charge in [0, 0.05) is 12.5 Å². The molecule has 1 heterocycles. The van der Waals surface area contributed by atoms with Crippen molar-refractivity contribution < 1.29 is 5.11 Å². The van der Waals surface area contributed by atoms with Crippen LogP contribution < -0.4 is 5.32 Å². The molecular formula is C13H16N2OS. The maximum absolute atomic E-state index is 9.75. The molecule has 1 saturated carbocycles. The smallest absolute Gasteiger partial charge is 0.183 e. The number of aromatic nitrogens is 1. The van der Waals surface area contributed by atoms with Gasteiger partial charge in [-0.05, 0) is 25.0 Å². The van der Waals surface area contributed by atoms with Crippen molar-refractivity contribution in [3.05, 3.63) is 24.3 Å². The maximum atomic E-state index is 9.75. The second-order valence-electron chi connectivity index (χ2n) is 4.63. The number of hydrogen-bond donors (Lipinski definition) is 2. The zero-order valence-electron chi connectivity index (χ0n) is 9.60. The fourth-order valence-electron chi connectivity index (χ4n) is 2.42. The van der Waals surface area contributed by atoms with Crippen LogP contribution in [-0.2, 0) is 0 Å². The molecule has 0 bridgehead atoms. The summed E-state index contributed by atoms with van der Waals surface area (Å²) in [6.45, 7) is 0.834. The van der Waals surface area contributed by atoms with Crippen LogP contribution >= 0.6 is 11.3 Å². The van der Waals surface area contributed by atoms with Crippen molar-refractivity contribution in [1.82, 2.24) is 4.98 Å². The monoisotopic (exact) mass is 248 g/mol. The third-order valence-corrected chi connectivity index (χ3v) is 4.42. The molecule has 2 aromatic rings. The number of aliphatic hydroxyl groups is 1. The van der Waals surface area contributed by atoms with Gasteiger partial charge in [0.1, 0.15) is 0 Å². The van der Waals surface area contributed by atoms with Gasteiger partial charge in [0.2, 0.25) is 0 Å². The van der Waals surface area contributed by atoms with Gasteiger partial charge in [0.15, 0.2) is 5.13 Å². The van der Waals surface area contributed by atoms with Crippen molar-refractivity contribution in [3.63, 3.8) is 0 Å². The highest BCUT2D eigenvalue weighted by Gasteiger charge is 2.24. The van der Waals surface area contributed by atoms with Gasteiger partial charge < -0.3 is 10.4 Å². The van der Waals surface area contributed by atoms with Crippen molar-refractivity contribution in [1.29, 1.82) is 0 Å². The average Bonchev–Trinajstić information content (AvgIpc) is 2.92. The van der Waals surface area contributed by atoms with Gasteiger partial charge in [-0.15, -0.1) is 0 Å². The number of para-hydroxylation sites is 1. The standard InChI is InChI=1S/C13H16N2OS/c16-11-6-3-4-9(11)8-14-13-15-10-5-1-2-7-12(10)17-13/h1-2,5,7,9,11,16H,3-4,6,8H2,(H,14,15). The Hall–Kier alpha value is -1.13. The first-order valence-corrected chi connectivity index (χ1v) is 6.92. The van der Waals surface area contributed by atoms with E-state index >= 15 is 0 Å². The van der Waals surface area contributed by atoms with Crippen LogP contribution in [0.5, 0.6) is 0 Å². The summed E-state index contributed by atoms with van der Waals surface area (Å²) in [6, 6.07) is 8.15. The Kier molecular flexibility index (Phi) is 2.99. The summed E-state index contributed by atoms with van der Waals surface area (Å²) in [5.41, 5.74) is 1.05. The second-order valence-corrected chi connectivity index (χ2v) is 5.66. The lowest BCUT2D eigenvalue weighted by molar-refractivity contribution is 0.138. The Bertz CT molecular complexity index is 478. The number of nitrogens with one attached hydrogen (secondary N) is 1. The van der Waals surface area contributed by atoms with Crippen molar-refractivity contribution >= 4 is 26.7 Å². The fraction of sp³-hybridized carbons (Fsp3) is 0.462. The largest absolute Gasteiger partial charge is 0.393 e. The van der Waals surface area contributed by atoms with E-state index in [0.717, 1.165) is 36.5 Å². The molecule has 0 amide bonds. The minimum Gasteiger partial charge on any atom is -0.393 e. The summed E-state index contributed by atoms with van der Waals surface area (Å²) >= 11 is 1.68. The van der Waals surface area contributed by atoms with E-state index in [1.807, 2.05) is 18.2 Å². The summed E-state index contributed by atoms with van der Waals surface area (Å²) in [4.78, 5) is 4.52. The van der Waals surface area contributed by atoms with E-state index in [-0.39, 0.29) is 6.10 Å². The van der Waals surface area contributed by atoms with Gasteiger partial charge >= 0.3 is 0 Å². The molecule has 17 heavy (non-hydrogen) atoms. The highest BCUT2D eigenvalue weighted by molar-refractivity contribution is 7.22. The molecule has 1 aromatic heterocycles. The summed E-state index contributed by atoms with van der Waals surface area (Å²) in [6.07, 6.45) is 3.09. The fourth-order valence-corrected chi connectivity index (χ4v) is 3.29.